The number of benzene rings is 2. The van der Waals surface area contributed by atoms with E-state index in [1.54, 1.807) is 25.1 Å². The van der Waals surface area contributed by atoms with Crippen LogP contribution in [0.2, 0.25) is 0 Å². The molecule has 0 bridgehead atoms. The fraction of sp³-hybridized carbons (Fsp3) is 0.222. The predicted molar refractivity (Wildman–Crippen MR) is 99.1 cm³/mol. The van der Waals surface area contributed by atoms with Crippen molar-refractivity contribution in [1.29, 1.82) is 5.26 Å². The van der Waals surface area contributed by atoms with Gasteiger partial charge in [-0.15, -0.1) is 0 Å². The van der Waals surface area contributed by atoms with E-state index in [-0.39, 0.29) is 16.9 Å². The van der Waals surface area contributed by atoms with Crippen LogP contribution < -0.4 is 20.1 Å². The first-order valence-corrected chi connectivity index (χ1v) is 7.87. The number of anilines is 2. The molecule has 2 aromatic carbocycles. The molecule has 9 nitrogen and oxygen atoms in total. The van der Waals surface area contributed by atoms with Gasteiger partial charge >= 0.3 is 0 Å². The van der Waals surface area contributed by atoms with Gasteiger partial charge in [-0.1, -0.05) is 0 Å². The largest absolute Gasteiger partial charge is 0.497 e. The van der Waals surface area contributed by atoms with E-state index < -0.39 is 16.9 Å². The molecule has 0 aliphatic heterocycles. The Morgan fingerprint density at radius 1 is 1.19 bits per heavy atom. The number of carbonyl (C=O) groups is 1. The third-order valence-electron chi connectivity index (χ3n) is 3.77. The first kappa shape index (κ1) is 19.5. The number of nitro benzene ring substituents is 1. The van der Waals surface area contributed by atoms with Gasteiger partial charge in [0.1, 0.15) is 23.6 Å². The molecule has 2 aromatic rings. The van der Waals surface area contributed by atoms with Crippen LogP contribution in [0, 0.1) is 21.4 Å². The van der Waals surface area contributed by atoms with Crippen LogP contribution in [0.1, 0.15) is 12.5 Å². The van der Waals surface area contributed by atoms with Gasteiger partial charge in [-0.25, -0.2) is 0 Å². The molecule has 0 fully saturated rings. The van der Waals surface area contributed by atoms with Gasteiger partial charge in [-0.05, 0) is 25.1 Å². The SMILES string of the molecule is COc1ccc(N[C@@H](C)C(=O)Nc2ccc([N+](=O)[O-])cc2C#N)c(OC)c1. The average molecular weight is 370 g/mol. The summed E-state index contributed by atoms with van der Waals surface area (Å²) in [5.41, 5.74) is 0.569. The number of nitrogens with zero attached hydrogens (tertiary/aromatic N) is 2. The lowest BCUT2D eigenvalue weighted by Gasteiger charge is -2.18. The number of hydrogen-bond donors (Lipinski definition) is 2. The Balaban J connectivity index is 2.15. The fourth-order valence-corrected chi connectivity index (χ4v) is 2.30. The van der Waals surface area contributed by atoms with Crippen LogP contribution >= 0.6 is 0 Å². The minimum atomic E-state index is -0.672. The molecule has 2 N–H and O–H groups in total. The molecule has 0 aliphatic rings. The second kappa shape index (κ2) is 8.53. The molecule has 0 heterocycles. The summed E-state index contributed by atoms with van der Waals surface area (Å²) in [6.45, 7) is 1.64. The first-order valence-electron chi connectivity index (χ1n) is 7.87. The van der Waals surface area contributed by atoms with Crippen LogP contribution in [-0.2, 0) is 4.79 Å². The van der Waals surface area contributed by atoms with Crippen LogP contribution in [0.3, 0.4) is 0 Å². The monoisotopic (exact) mass is 370 g/mol. The fourth-order valence-electron chi connectivity index (χ4n) is 2.30. The normalized spacial score (nSPS) is 11.0. The summed E-state index contributed by atoms with van der Waals surface area (Å²) in [4.78, 5) is 22.6. The molecule has 0 radical (unpaired) electrons. The van der Waals surface area contributed by atoms with E-state index in [0.29, 0.717) is 17.2 Å². The molecule has 2 rings (SSSR count). The number of amides is 1. The van der Waals surface area contributed by atoms with Crippen LogP contribution in [-0.4, -0.2) is 31.1 Å². The number of non-ortho nitro benzene ring substituents is 1. The van der Waals surface area contributed by atoms with E-state index in [4.69, 9.17) is 14.7 Å². The van der Waals surface area contributed by atoms with E-state index >= 15 is 0 Å². The highest BCUT2D eigenvalue weighted by atomic mass is 16.6. The summed E-state index contributed by atoms with van der Waals surface area (Å²) in [6.07, 6.45) is 0. The Morgan fingerprint density at radius 3 is 2.48 bits per heavy atom. The number of carbonyl (C=O) groups excluding carboxylic acids is 1. The molecule has 0 spiro atoms. The number of nitriles is 1. The molecule has 0 aromatic heterocycles. The van der Waals surface area contributed by atoms with Crippen molar-refractivity contribution >= 4 is 23.0 Å². The highest BCUT2D eigenvalue weighted by Gasteiger charge is 2.18. The number of rotatable bonds is 7. The summed E-state index contributed by atoms with van der Waals surface area (Å²) < 4.78 is 10.4. The molecule has 0 aliphatic carbocycles. The zero-order valence-corrected chi connectivity index (χ0v) is 15.0. The topological polar surface area (TPSA) is 127 Å². The Kier molecular flexibility index (Phi) is 6.17. The Morgan fingerprint density at radius 2 is 1.89 bits per heavy atom. The maximum Gasteiger partial charge on any atom is 0.270 e. The zero-order chi connectivity index (χ0) is 20.0. The van der Waals surface area contributed by atoms with Crippen molar-refractivity contribution in [2.24, 2.45) is 0 Å². The summed E-state index contributed by atoms with van der Waals surface area (Å²) in [7, 11) is 3.04. The highest BCUT2D eigenvalue weighted by Crippen LogP contribution is 2.29. The Labute approximate surface area is 155 Å². The third kappa shape index (κ3) is 4.64. The molecule has 1 amide bonds. The van der Waals surface area contributed by atoms with Gasteiger partial charge in [0.2, 0.25) is 5.91 Å². The van der Waals surface area contributed by atoms with Crippen molar-refractivity contribution in [3.8, 4) is 17.6 Å². The lowest BCUT2D eigenvalue weighted by atomic mass is 10.1. The molecule has 0 unspecified atom stereocenters. The van der Waals surface area contributed by atoms with Gasteiger partial charge in [0.05, 0.1) is 36.1 Å². The van der Waals surface area contributed by atoms with Gasteiger partial charge < -0.3 is 20.1 Å². The van der Waals surface area contributed by atoms with E-state index in [2.05, 4.69) is 10.6 Å². The number of methoxy groups -OCH3 is 2. The van der Waals surface area contributed by atoms with Crippen LogP contribution in [0.5, 0.6) is 11.5 Å². The average Bonchev–Trinajstić information content (AvgIpc) is 2.68. The smallest absolute Gasteiger partial charge is 0.270 e. The maximum absolute atomic E-state index is 12.4. The molecule has 0 saturated carbocycles. The van der Waals surface area contributed by atoms with Gasteiger partial charge in [0.15, 0.2) is 0 Å². The van der Waals surface area contributed by atoms with E-state index in [0.717, 1.165) is 6.07 Å². The van der Waals surface area contributed by atoms with Crippen LogP contribution in [0.25, 0.3) is 0 Å². The lowest BCUT2D eigenvalue weighted by molar-refractivity contribution is -0.384. The Bertz CT molecular complexity index is 907. The summed E-state index contributed by atoms with van der Waals surface area (Å²) in [6, 6.07) is 9.95. The molecule has 140 valence electrons. The van der Waals surface area contributed by atoms with Crippen molar-refractivity contribution < 1.29 is 19.2 Å². The molecule has 1 atom stereocenters. The van der Waals surface area contributed by atoms with Crippen LogP contribution in [0.15, 0.2) is 36.4 Å². The second-order valence-electron chi connectivity index (χ2n) is 5.52. The molecule has 27 heavy (non-hydrogen) atoms. The van der Waals surface area contributed by atoms with Crippen molar-refractivity contribution in [2.45, 2.75) is 13.0 Å². The van der Waals surface area contributed by atoms with Gasteiger partial charge in [0, 0.05) is 18.2 Å². The minimum Gasteiger partial charge on any atom is -0.497 e. The first-order chi connectivity index (χ1) is 12.9. The van der Waals surface area contributed by atoms with Crippen molar-refractivity contribution in [2.75, 3.05) is 24.9 Å². The predicted octanol–water partition coefficient (Wildman–Crippen LogP) is 2.92. The zero-order valence-electron chi connectivity index (χ0n) is 15.0. The molecule has 9 heteroatoms. The highest BCUT2D eigenvalue weighted by molar-refractivity contribution is 5.97. The lowest BCUT2D eigenvalue weighted by Crippen LogP contribution is -2.32. The number of nitro groups is 1. The van der Waals surface area contributed by atoms with Crippen molar-refractivity contribution in [3.63, 3.8) is 0 Å². The number of nitrogens with one attached hydrogen (secondary N) is 2. The third-order valence-corrected chi connectivity index (χ3v) is 3.77. The maximum atomic E-state index is 12.4. The molecular formula is C18H18N4O5. The van der Waals surface area contributed by atoms with Gasteiger partial charge in [-0.2, -0.15) is 5.26 Å². The standard InChI is InChI=1S/C18H18N4O5/c1-11(20-16-7-5-14(26-2)9-17(16)27-3)18(23)21-15-6-4-13(22(24)25)8-12(15)10-19/h4-9,11,20H,1-3H3,(H,21,23)/t11-/m0/s1. The number of ether oxygens (including phenoxy) is 2. The summed E-state index contributed by atoms with van der Waals surface area (Å²) >= 11 is 0. The van der Waals surface area contributed by atoms with E-state index in [9.17, 15) is 14.9 Å². The Hall–Kier alpha value is -3.80. The van der Waals surface area contributed by atoms with E-state index in [1.807, 2.05) is 6.07 Å². The van der Waals surface area contributed by atoms with Gasteiger partial charge in [0.25, 0.3) is 5.69 Å². The van der Waals surface area contributed by atoms with Crippen molar-refractivity contribution in [1.82, 2.24) is 0 Å². The quantitative estimate of drug-likeness (QED) is 0.566. The van der Waals surface area contributed by atoms with Crippen molar-refractivity contribution in [3.05, 3.63) is 52.1 Å². The van der Waals surface area contributed by atoms with E-state index in [1.165, 1.54) is 26.4 Å². The number of hydrogen-bond acceptors (Lipinski definition) is 7. The minimum absolute atomic E-state index is 0.00628. The van der Waals surface area contributed by atoms with Crippen LogP contribution in [0.4, 0.5) is 17.1 Å². The van der Waals surface area contributed by atoms with Gasteiger partial charge in [-0.3, -0.25) is 14.9 Å². The molecule has 0 saturated heterocycles. The summed E-state index contributed by atoms with van der Waals surface area (Å²) in [5, 5.41) is 25.6. The summed E-state index contributed by atoms with van der Waals surface area (Å²) in [5.74, 6) is 0.694. The second-order valence-corrected chi connectivity index (χ2v) is 5.52. The molecular weight excluding hydrogens is 352 g/mol.